The Bertz CT molecular complexity index is 658. The lowest BCUT2D eigenvalue weighted by Gasteiger charge is -2.52. The second-order valence-electron chi connectivity index (χ2n) is 13.9. The Morgan fingerprint density at radius 3 is 1.97 bits per heavy atom. The van der Waals surface area contributed by atoms with Gasteiger partial charge in [-0.15, -0.1) is 0 Å². The monoisotopic (exact) mass is 488 g/mol. The highest BCUT2D eigenvalue weighted by atomic mass is 15.3. The van der Waals surface area contributed by atoms with Crippen LogP contribution < -0.4 is 0 Å². The van der Waals surface area contributed by atoms with Gasteiger partial charge in [-0.2, -0.15) is 0 Å². The Morgan fingerprint density at radius 2 is 1.31 bits per heavy atom. The Labute approximate surface area is 219 Å². The first kappa shape index (κ1) is 27.9. The number of rotatable bonds is 9. The quantitative estimate of drug-likeness (QED) is 0.397. The molecule has 5 aliphatic heterocycles. The van der Waals surface area contributed by atoms with Crippen LogP contribution >= 0.6 is 0 Å². The third kappa shape index (κ3) is 5.96. The minimum atomic E-state index is 0.529. The molecule has 5 heterocycles. The van der Waals surface area contributed by atoms with Crippen molar-refractivity contribution in [2.75, 3.05) is 39.3 Å². The molecule has 35 heavy (non-hydrogen) atoms. The van der Waals surface area contributed by atoms with Crippen molar-refractivity contribution in [2.45, 2.75) is 143 Å². The van der Waals surface area contributed by atoms with Crippen molar-refractivity contribution in [1.82, 2.24) is 19.6 Å². The molecule has 0 saturated carbocycles. The number of fused-ring (bicyclic) bond motifs is 7. The summed E-state index contributed by atoms with van der Waals surface area (Å²) < 4.78 is 0. The van der Waals surface area contributed by atoms with Crippen LogP contribution in [-0.2, 0) is 0 Å². The lowest BCUT2D eigenvalue weighted by atomic mass is 9.67. The molecule has 4 heteroatoms. The summed E-state index contributed by atoms with van der Waals surface area (Å²) in [5.41, 5.74) is 0.529. The maximum atomic E-state index is 2.96. The van der Waals surface area contributed by atoms with E-state index in [1.54, 1.807) is 0 Å². The molecule has 0 spiro atoms. The molecule has 6 atom stereocenters. The normalized spacial score (nSPS) is 34.8. The molecule has 0 aromatic heterocycles. The zero-order valence-corrected chi connectivity index (χ0v) is 24.8. The summed E-state index contributed by atoms with van der Waals surface area (Å²) in [5, 5.41) is 0. The van der Waals surface area contributed by atoms with Crippen molar-refractivity contribution in [3.63, 3.8) is 0 Å². The minimum Gasteiger partial charge on any atom is -0.299 e. The summed E-state index contributed by atoms with van der Waals surface area (Å²) in [6.45, 7) is 27.6. The van der Waals surface area contributed by atoms with Gasteiger partial charge in [-0.3, -0.25) is 19.6 Å². The third-order valence-electron chi connectivity index (χ3n) is 11.2. The van der Waals surface area contributed by atoms with Gasteiger partial charge in [-0.1, -0.05) is 20.3 Å². The Kier molecular flexibility index (Phi) is 9.32. The fraction of sp³-hybridized carbons (Fsp3) is 1.00. The van der Waals surface area contributed by atoms with Crippen molar-refractivity contribution in [2.24, 2.45) is 17.3 Å². The van der Waals surface area contributed by atoms with Crippen LogP contribution in [0.4, 0.5) is 0 Å². The number of nitrogens with zero attached hydrogens (tertiary/aromatic N) is 4. The highest BCUT2D eigenvalue weighted by Gasteiger charge is 2.50. The Hall–Kier alpha value is -0.160. The van der Waals surface area contributed by atoms with E-state index in [2.05, 4.69) is 75.0 Å². The van der Waals surface area contributed by atoms with E-state index in [-0.39, 0.29) is 0 Å². The van der Waals surface area contributed by atoms with E-state index in [0.717, 1.165) is 30.0 Å². The predicted octanol–water partition coefficient (Wildman–Crippen LogP) is 5.96. The van der Waals surface area contributed by atoms with Crippen LogP contribution in [-0.4, -0.2) is 95.1 Å². The van der Waals surface area contributed by atoms with Gasteiger partial charge in [0.2, 0.25) is 0 Å². The molecule has 5 fully saturated rings. The van der Waals surface area contributed by atoms with Crippen molar-refractivity contribution in [1.29, 1.82) is 0 Å². The molecule has 0 amide bonds. The molecule has 0 aromatic carbocycles. The topological polar surface area (TPSA) is 13.0 Å². The van der Waals surface area contributed by atoms with Gasteiger partial charge in [-0.25, -0.2) is 0 Å². The molecule has 0 radical (unpaired) electrons. The predicted molar refractivity (Wildman–Crippen MR) is 151 cm³/mol. The molecule has 5 rings (SSSR count). The summed E-state index contributed by atoms with van der Waals surface area (Å²) in [6.07, 6.45) is 11.2. The second kappa shape index (κ2) is 11.7. The molecule has 0 aromatic rings. The largest absolute Gasteiger partial charge is 0.299 e. The average molecular weight is 489 g/mol. The van der Waals surface area contributed by atoms with Crippen LogP contribution in [0.3, 0.4) is 0 Å². The first-order valence-electron chi connectivity index (χ1n) is 15.7. The van der Waals surface area contributed by atoms with E-state index in [1.165, 1.54) is 90.6 Å². The van der Waals surface area contributed by atoms with Crippen LogP contribution in [0.25, 0.3) is 0 Å². The molecule has 0 aliphatic carbocycles. The summed E-state index contributed by atoms with van der Waals surface area (Å²) in [7, 11) is 0. The number of hydrogen-bond donors (Lipinski definition) is 0. The fourth-order valence-electron chi connectivity index (χ4n) is 8.70. The van der Waals surface area contributed by atoms with Gasteiger partial charge in [0.15, 0.2) is 0 Å². The molecular weight excluding hydrogens is 428 g/mol. The first-order chi connectivity index (χ1) is 16.7. The number of hydrogen-bond acceptors (Lipinski definition) is 4. The van der Waals surface area contributed by atoms with Gasteiger partial charge in [0.25, 0.3) is 0 Å². The minimum absolute atomic E-state index is 0.529. The summed E-state index contributed by atoms with van der Waals surface area (Å²) in [6, 6.07) is 4.30. The van der Waals surface area contributed by atoms with Gasteiger partial charge in [0, 0.05) is 75.5 Å². The zero-order valence-electron chi connectivity index (χ0n) is 24.8. The summed E-state index contributed by atoms with van der Waals surface area (Å²) in [4.78, 5) is 11.6. The Balaban J connectivity index is 1.39. The fourth-order valence-corrected chi connectivity index (χ4v) is 8.70. The van der Waals surface area contributed by atoms with Crippen LogP contribution in [0.5, 0.6) is 0 Å². The van der Waals surface area contributed by atoms with E-state index in [0.29, 0.717) is 23.5 Å². The first-order valence-corrected chi connectivity index (χ1v) is 15.7. The van der Waals surface area contributed by atoms with Crippen molar-refractivity contribution >= 4 is 0 Å². The lowest BCUT2D eigenvalue weighted by molar-refractivity contribution is -0.0240. The second-order valence-corrected chi connectivity index (χ2v) is 13.9. The maximum Gasteiger partial charge on any atom is 0.0282 e. The molecular formula is C31H60N4. The van der Waals surface area contributed by atoms with Crippen molar-refractivity contribution in [3.8, 4) is 0 Å². The van der Waals surface area contributed by atoms with Crippen LogP contribution in [0.2, 0.25) is 0 Å². The highest BCUT2D eigenvalue weighted by molar-refractivity contribution is 5.04. The van der Waals surface area contributed by atoms with Crippen LogP contribution in [0, 0.1) is 17.3 Å². The van der Waals surface area contributed by atoms with Gasteiger partial charge in [-0.05, 0) is 104 Å². The van der Waals surface area contributed by atoms with Gasteiger partial charge in [0.05, 0.1) is 0 Å². The summed E-state index contributed by atoms with van der Waals surface area (Å²) >= 11 is 0. The van der Waals surface area contributed by atoms with Crippen molar-refractivity contribution < 1.29 is 0 Å². The van der Waals surface area contributed by atoms with Gasteiger partial charge >= 0.3 is 0 Å². The SMILES string of the molecule is CCC1(CC)CC2CN(C(C)CCC(C)N3CC4CCCC3CN(C(C)C)C4)CC1N(C(C)C)C2. The lowest BCUT2D eigenvalue weighted by Crippen LogP contribution is -2.57. The zero-order chi connectivity index (χ0) is 25.3. The van der Waals surface area contributed by atoms with E-state index in [4.69, 9.17) is 0 Å². The average Bonchev–Trinajstić information content (AvgIpc) is 3.28. The standard InChI is InChI=1S/C31H60N4/c1-9-31(10-2)16-28-18-33(22-30(31)34(20-28)24(5)6)25(7)14-15-26(8)35-19-27-12-11-13-29(35)21-32(17-27)23(3)4/h23-30H,9-22H2,1-8H3. The molecule has 4 bridgehead atoms. The van der Waals surface area contributed by atoms with E-state index in [9.17, 15) is 0 Å². The highest BCUT2D eigenvalue weighted by Crippen LogP contribution is 2.47. The number of likely N-dealkylation sites (tertiary alicyclic amines) is 1. The smallest absolute Gasteiger partial charge is 0.0282 e. The molecule has 5 aliphatic rings. The van der Waals surface area contributed by atoms with Crippen molar-refractivity contribution in [3.05, 3.63) is 0 Å². The summed E-state index contributed by atoms with van der Waals surface area (Å²) in [5.74, 6) is 1.73. The molecule has 6 unspecified atom stereocenters. The van der Waals surface area contributed by atoms with Crippen LogP contribution in [0.15, 0.2) is 0 Å². The van der Waals surface area contributed by atoms with Gasteiger partial charge in [0.1, 0.15) is 0 Å². The third-order valence-corrected chi connectivity index (χ3v) is 11.2. The molecule has 5 saturated heterocycles. The van der Waals surface area contributed by atoms with E-state index in [1.807, 2.05) is 0 Å². The Morgan fingerprint density at radius 1 is 0.657 bits per heavy atom. The van der Waals surface area contributed by atoms with Crippen LogP contribution in [0.1, 0.15) is 107 Å². The van der Waals surface area contributed by atoms with Gasteiger partial charge < -0.3 is 0 Å². The molecule has 4 nitrogen and oxygen atoms in total. The molecule has 204 valence electrons. The maximum absolute atomic E-state index is 2.96. The van der Waals surface area contributed by atoms with E-state index >= 15 is 0 Å². The van der Waals surface area contributed by atoms with E-state index < -0.39 is 0 Å². The number of piperidine rings is 1. The molecule has 0 N–H and O–H groups in total.